The molecule has 0 aliphatic rings. The maximum absolute atomic E-state index is 13.4. The van der Waals surface area contributed by atoms with Gasteiger partial charge >= 0.3 is 6.18 Å². The number of benzene rings is 1. The monoisotopic (exact) mass is 487 g/mol. The Morgan fingerprint density at radius 3 is 2.45 bits per heavy atom. The van der Waals surface area contributed by atoms with E-state index in [2.05, 4.69) is 20.5 Å². The minimum Gasteiger partial charge on any atom is -0.493 e. The maximum atomic E-state index is 13.4. The van der Waals surface area contributed by atoms with E-state index in [1.165, 1.54) is 13.2 Å². The Kier molecular flexibility index (Phi) is 6.46. The van der Waals surface area contributed by atoms with Crippen LogP contribution in [-0.4, -0.2) is 36.6 Å². The minimum absolute atomic E-state index is 0.130. The summed E-state index contributed by atoms with van der Waals surface area (Å²) < 4.78 is 86.0. The first-order chi connectivity index (χ1) is 15.4. The van der Waals surface area contributed by atoms with Crippen LogP contribution in [-0.2, 0) is 16.2 Å². The quantitative estimate of drug-likeness (QED) is 0.505. The molecule has 0 aliphatic heterocycles. The van der Waals surface area contributed by atoms with Gasteiger partial charge in [0.05, 0.1) is 7.11 Å². The Bertz CT molecular complexity index is 1320. The number of hydrogen-bond donors (Lipinski definition) is 2. The number of hydrogen-bond acceptors (Lipinski definition) is 8. The second kappa shape index (κ2) is 8.95. The lowest BCUT2D eigenvalue weighted by molar-refractivity contribution is -0.141. The van der Waals surface area contributed by atoms with Crippen molar-refractivity contribution in [2.75, 3.05) is 12.4 Å². The van der Waals surface area contributed by atoms with Crippen LogP contribution in [0.4, 0.5) is 23.2 Å². The molecule has 0 bridgehead atoms. The fourth-order valence-corrected chi connectivity index (χ4v) is 2.93. The predicted octanol–water partition coefficient (Wildman–Crippen LogP) is 2.73. The van der Waals surface area contributed by atoms with Crippen molar-refractivity contribution in [3.8, 4) is 17.4 Å². The summed E-state index contributed by atoms with van der Waals surface area (Å²) in [4.78, 5) is 16.3. The number of aromatic nitrogens is 3. The lowest BCUT2D eigenvalue weighted by atomic mass is 10.2. The summed E-state index contributed by atoms with van der Waals surface area (Å²) in [5.74, 6) is -2.79. The van der Waals surface area contributed by atoms with Gasteiger partial charge in [-0.25, -0.2) is 22.9 Å². The molecule has 0 fully saturated rings. The van der Waals surface area contributed by atoms with Crippen molar-refractivity contribution in [2.45, 2.75) is 11.2 Å². The summed E-state index contributed by atoms with van der Waals surface area (Å²) in [6.45, 7) is 0. The SMILES string of the molecule is COc1cc(F)ccc1Oc1nnc(C(F)(F)F)cc1C(=O)Nc1ccnc(S(N)(=O)=O)c1. The minimum atomic E-state index is -4.94. The van der Waals surface area contributed by atoms with Crippen molar-refractivity contribution in [2.24, 2.45) is 5.14 Å². The number of methoxy groups -OCH3 is 1. The number of primary sulfonamides is 1. The molecule has 0 radical (unpaired) electrons. The van der Waals surface area contributed by atoms with Crippen molar-refractivity contribution < 1.29 is 40.2 Å². The first-order valence-electron chi connectivity index (χ1n) is 8.65. The molecule has 0 unspecified atom stereocenters. The van der Waals surface area contributed by atoms with Crippen LogP contribution in [0.1, 0.15) is 16.1 Å². The first-order valence-corrected chi connectivity index (χ1v) is 10.2. The molecule has 1 amide bonds. The molecule has 3 rings (SSSR count). The van der Waals surface area contributed by atoms with Crippen LogP contribution >= 0.6 is 0 Å². The van der Waals surface area contributed by atoms with Crippen LogP contribution in [0.2, 0.25) is 0 Å². The average Bonchev–Trinajstić information content (AvgIpc) is 2.74. The largest absolute Gasteiger partial charge is 0.493 e. The van der Waals surface area contributed by atoms with Crippen molar-refractivity contribution in [1.29, 1.82) is 0 Å². The van der Waals surface area contributed by atoms with Gasteiger partial charge in [0.1, 0.15) is 11.4 Å². The van der Waals surface area contributed by atoms with E-state index in [9.17, 15) is 30.8 Å². The lowest BCUT2D eigenvalue weighted by Gasteiger charge is -2.14. The molecule has 2 aromatic heterocycles. The van der Waals surface area contributed by atoms with Crippen LogP contribution < -0.4 is 19.9 Å². The Balaban J connectivity index is 2.02. The highest BCUT2D eigenvalue weighted by Crippen LogP contribution is 2.35. The van der Waals surface area contributed by atoms with Crippen LogP contribution in [0.5, 0.6) is 17.4 Å². The Morgan fingerprint density at radius 1 is 1.09 bits per heavy atom. The van der Waals surface area contributed by atoms with Gasteiger partial charge in [0.25, 0.3) is 21.8 Å². The molecule has 33 heavy (non-hydrogen) atoms. The summed E-state index contributed by atoms with van der Waals surface area (Å²) in [7, 11) is -3.02. The zero-order valence-electron chi connectivity index (χ0n) is 16.4. The second-order valence-corrected chi connectivity index (χ2v) is 7.73. The predicted molar refractivity (Wildman–Crippen MR) is 104 cm³/mol. The number of nitrogens with zero attached hydrogens (tertiary/aromatic N) is 3. The molecule has 0 saturated carbocycles. The number of rotatable bonds is 6. The summed E-state index contributed by atoms with van der Waals surface area (Å²) in [6.07, 6.45) is -3.92. The van der Waals surface area contributed by atoms with E-state index in [-0.39, 0.29) is 17.2 Å². The van der Waals surface area contributed by atoms with Crippen LogP contribution in [0, 0.1) is 5.82 Å². The van der Waals surface area contributed by atoms with E-state index in [0.717, 1.165) is 30.5 Å². The zero-order valence-corrected chi connectivity index (χ0v) is 17.2. The maximum Gasteiger partial charge on any atom is 0.435 e. The summed E-state index contributed by atoms with van der Waals surface area (Å²) in [5.41, 5.74) is -2.35. The number of nitrogens with one attached hydrogen (secondary N) is 1. The lowest BCUT2D eigenvalue weighted by Crippen LogP contribution is -2.19. The van der Waals surface area contributed by atoms with Crippen molar-refractivity contribution in [3.05, 3.63) is 59.7 Å². The van der Waals surface area contributed by atoms with Crippen LogP contribution in [0.25, 0.3) is 0 Å². The molecule has 10 nitrogen and oxygen atoms in total. The fourth-order valence-electron chi connectivity index (χ4n) is 2.43. The molecular formula is C18H13F4N5O5S. The molecule has 3 aromatic rings. The number of anilines is 1. The smallest absolute Gasteiger partial charge is 0.435 e. The van der Waals surface area contributed by atoms with E-state index in [1.54, 1.807) is 0 Å². The standard InChI is InChI=1S/C18H13F4N5O5S/c1-31-13-6-9(19)2-3-12(13)32-17-11(8-14(26-27-17)18(20,21)22)16(28)25-10-4-5-24-15(7-10)33(23,29)30/h2-8H,1H3,(H2,23,29,30)(H,24,25,28). The number of carbonyl (C=O) groups is 1. The van der Waals surface area contributed by atoms with Gasteiger partial charge < -0.3 is 14.8 Å². The van der Waals surface area contributed by atoms with E-state index in [1.807, 2.05) is 0 Å². The second-order valence-electron chi connectivity index (χ2n) is 6.23. The number of nitrogens with two attached hydrogens (primary N) is 1. The molecule has 2 heterocycles. The van der Waals surface area contributed by atoms with Crippen molar-refractivity contribution in [1.82, 2.24) is 15.2 Å². The normalized spacial score (nSPS) is 11.7. The van der Waals surface area contributed by atoms with Gasteiger partial charge in [-0.05, 0) is 24.3 Å². The van der Waals surface area contributed by atoms with E-state index in [4.69, 9.17) is 14.6 Å². The van der Waals surface area contributed by atoms with Crippen LogP contribution in [0.3, 0.4) is 0 Å². The number of ether oxygens (including phenoxy) is 2. The molecule has 0 spiro atoms. The zero-order chi connectivity index (χ0) is 24.4. The fraction of sp³-hybridized carbons (Fsp3) is 0.111. The number of pyridine rings is 1. The third-order valence-corrected chi connectivity index (χ3v) is 4.72. The Hall–Kier alpha value is -3.85. The highest BCUT2D eigenvalue weighted by molar-refractivity contribution is 7.89. The van der Waals surface area contributed by atoms with Gasteiger partial charge in [-0.15, -0.1) is 10.2 Å². The molecule has 15 heteroatoms. The topological polar surface area (TPSA) is 146 Å². The Morgan fingerprint density at radius 2 is 1.82 bits per heavy atom. The van der Waals surface area contributed by atoms with Gasteiger partial charge in [0, 0.05) is 24.0 Å². The molecule has 0 aliphatic carbocycles. The van der Waals surface area contributed by atoms with E-state index in [0.29, 0.717) is 6.07 Å². The van der Waals surface area contributed by atoms with Gasteiger partial charge in [0.2, 0.25) is 0 Å². The summed E-state index contributed by atoms with van der Waals surface area (Å²) >= 11 is 0. The molecule has 1 aromatic carbocycles. The molecule has 174 valence electrons. The van der Waals surface area contributed by atoms with Crippen molar-refractivity contribution in [3.63, 3.8) is 0 Å². The molecular weight excluding hydrogens is 474 g/mol. The highest BCUT2D eigenvalue weighted by atomic mass is 32.2. The average molecular weight is 487 g/mol. The van der Waals surface area contributed by atoms with E-state index < -0.39 is 50.1 Å². The molecule has 3 N–H and O–H groups in total. The summed E-state index contributed by atoms with van der Waals surface area (Å²) in [6, 6.07) is 5.50. The van der Waals surface area contributed by atoms with Gasteiger partial charge in [-0.3, -0.25) is 4.79 Å². The van der Waals surface area contributed by atoms with Gasteiger partial charge in [-0.2, -0.15) is 13.2 Å². The number of amides is 1. The third kappa shape index (κ3) is 5.69. The van der Waals surface area contributed by atoms with Gasteiger partial charge in [-0.1, -0.05) is 0 Å². The number of halogens is 4. The van der Waals surface area contributed by atoms with E-state index >= 15 is 0 Å². The molecule has 0 atom stereocenters. The number of sulfonamides is 1. The number of carbonyl (C=O) groups excluding carboxylic acids is 1. The van der Waals surface area contributed by atoms with Crippen LogP contribution in [0.15, 0.2) is 47.6 Å². The third-order valence-electron chi connectivity index (χ3n) is 3.91. The number of alkyl halides is 3. The van der Waals surface area contributed by atoms with Gasteiger partial charge in [0.15, 0.2) is 22.2 Å². The highest BCUT2D eigenvalue weighted by Gasteiger charge is 2.35. The Labute approximate surface area is 183 Å². The van der Waals surface area contributed by atoms with Crippen molar-refractivity contribution >= 4 is 21.6 Å². The molecule has 0 saturated heterocycles. The summed E-state index contributed by atoms with van der Waals surface area (Å²) in [5, 5.41) is 12.9. The first kappa shape index (κ1) is 23.8.